The summed E-state index contributed by atoms with van der Waals surface area (Å²) in [5.41, 5.74) is 0.653. The largest absolute Gasteiger partial charge is 0.465 e. The van der Waals surface area contributed by atoms with Crippen LogP contribution >= 0.6 is 0 Å². The Balaban J connectivity index is 2.31. The molecule has 9 nitrogen and oxygen atoms in total. The Bertz CT molecular complexity index is 702. The first-order valence-corrected chi connectivity index (χ1v) is 6.19. The lowest BCUT2D eigenvalue weighted by Crippen LogP contribution is -2.05. The van der Waals surface area contributed by atoms with Gasteiger partial charge in [-0.05, 0) is 24.3 Å². The van der Waals surface area contributed by atoms with E-state index in [2.05, 4.69) is 25.3 Å². The van der Waals surface area contributed by atoms with E-state index < -0.39 is 10.9 Å². The van der Waals surface area contributed by atoms with Gasteiger partial charge in [-0.3, -0.25) is 10.1 Å². The summed E-state index contributed by atoms with van der Waals surface area (Å²) >= 11 is 0. The summed E-state index contributed by atoms with van der Waals surface area (Å²) in [4.78, 5) is 29.6. The van der Waals surface area contributed by atoms with Crippen molar-refractivity contribution in [2.45, 2.75) is 0 Å². The molecule has 0 fully saturated rings. The van der Waals surface area contributed by atoms with E-state index in [0.717, 1.165) is 0 Å². The van der Waals surface area contributed by atoms with Crippen LogP contribution in [0.2, 0.25) is 0 Å². The van der Waals surface area contributed by atoms with E-state index in [4.69, 9.17) is 0 Å². The fourth-order valence-electron chi connectivity index (χ4n) is 1.77. The number of anilines is 3. The van der Waals surface area contributed by atoms with Crippen molar-refractivity contribution in [3.05, 3.63) is 46.3 Å². The highest BCUT2D eigenvalue weighted by molar-refractivity contribution is 5.89. The van der Waals surface area contributed by atoms with E-state index >= 15 is 0 Å². The van der Waals surface area contributed by atoms with Gasteiger partial charge in [-0.25, -0.2) is 14.8 Å². The number of carbonyl (C=O) groups excluding carboxylic acids is 1. The molecule has 1 aromatic heterocycles. The standard InChI is InChI=1S/C13H13N5O4/c1-14-11-10(18(20)21)12(16-7-15-11)17-9-5-3-8(4-6-9)13(19)22-2/h3-7H,1-2H3,(H2,14,15,16,17). The van der Waals surface area contributed by atoms with E-state index in [1.54, 1.807) is 24.3 Å². The van der Waals surface area contributed by atoms with E-state index in [1.165, 1.54) is 20.5 Å². The molecule has 114 valence electrons. The van der Waals surface area contributed by atoms with E-state index in [1.807, 2.05) is 0 Å². The van der Waals surface area contributed by atoms with Gasteiger partial charge in [0.15, 0.2) is 0 Å². The first-order valence-electron chi connectivity index (χ1n) is 6.19. The second-order valence-electron chi connectivity index (χ2n) is 4.12. The van der Waals surface area contributed by atoms with E-state index in [0.29, 0.717) is 11.3 Å². The van der Waals surface area contributed by atoms with Crippen molar-refractivity contribution in [2.24, 2.45) is 0 Å². The topological polar surface area (TPSA) is 119 Å². The molecule has 22 heavy (non-hydrogen) atoms. The van der Waals surface area contributed by atoms with Gasteiger partial charge in [-0.2, -0.15) is 0 Å². The predicted molar refractivity (Wildman–Crippen MR) is 79.3 cm³/mol. The number of rotatable bonds is 5. The lowest BCUT2D eigenvalue weighted by Gasteiger charge is -2.08. The molecule has 0 saturated carbocycles. The van der Waals surface area contributed by atoms with Gasteiger partial charge in [0.2, 0.25) is 11.6 Å². The Morgan fingerprint density at radius 1 is 1.23 bits per heavy atom. The lowest BCUT2D eigenvalue weighted by molar-refractivity contribution is -0.383. The molecule has 0 spiro atoms. The summed E-state index contributed by atoms with van der Waals surface area (Å²) in [6.45, 7) is 0. The highest BCUT2D eigenvalue weighted by atomic mass is 16.6. The van der Waals surface area contributed by atoms with Crippen LogP contribution in [0.15, 0.2) is 30.6 Å². The zero-order chi connectivity index (χ0) is 16.1. The van der Waals surface area contributed by atoms with Crippen molar-refractivity contribution < 1.29 is 14.5 Å². The van der Waals surface area contributed by atoms with Crippen LogP contribution in [0.3, 0.4) is 0 Å². The van der Waals surface area contributed by atoms with Crippen LogP contribution in [-0.4, -0.2) is 35.0 Å². The van der Waals surface area contributed by atoms with Gasteiger partial charge in [0, 0.05) is 12.7 Å². The second kappa shape index (κ2) is 6.48. The molecule has 0 aliphatic rings. The minimum Gasteiger partial charge on any atom is -0.465 e. The number of benzene rings is 1. The lowest BCUT2D eigenvalue weighted by atomic mass is 10.2. The van der Waals surface area contributed by atoms with Crippen molar-refractivity contribution in [2.75, 3.05) is 24.8 Å². The number of nitrogens with one attached hydrogen (secondary N) is 2. The number of ether oxygens (including phenoxy) is 1. The summed E-state index contributed by atoms with van der Waals surface area (Å²) in [6.07, 6.45) is 1.21. The van der Waals surface area contributed by atoms with Gasteiger partial charge >= 0.3 is 11.7 Å². The monoisotopic (exact) mass is 303 g/mol. The number of hydrogen-bond acceptors (Lipinski definition) is 8. The third kappa shape index (κ3) is 3.08. The minimum absolute atomic E-state index is 0.0511. The summed E-state index contributed by atoms with van der Waals surface area (Å²) in [7, 11) is 2.82. The first kappa shape index (κ1) is 15.2. The van der Waals surface area contributed by atoms with Crippen LogP contribution in [-0.2, 0) is 4.74 Å². The van der Waals surface area contributed by atoms with Crippen molar-refractivity contribution >= 4 is 29.0 Å². The SMILES string of the molecule is CNc1ncnc(Nc2ccc(C(=O)OC)cc2)c1[N+](=O)[O-]. The third-order valence-electron chi connectivity index (χ3n) is 2.81. The average Bonchev–Trinajstić information content (AvgIpc) is 2.54. The molecule has 0 atom stereocenters. The van der Waals surface area contributed by atoms with Crippen LogP contribution in [0.25, 0.3) is 0 Å². The molecular weight excluding hydrogens is 290 g/mol. The molecule has 0 saturated heterocycles. The number of methoxy groups -OCH3 is 1. The van der Waals surface area contributed by atoms with Crippen LogP contribution < -0.4 is 10.6 Å². The molecule has 1 heterocycles. The third-order valence-corrected chi connectivity index (χ3v) is 2.81. The Hall–Kier alpha value is -3.23. The number of hydrogen-bond donors (Lipinski definition) is 2. The quantitative estimate of drug-likeness (QED) is 0.488. The first-order chi connectivity index (χ1) is 10.6. The van der Waals surface area contributed by atoms with Gasteiger partial charge in [-0.15, -0.1) is 0 Å². The van der Waals surface area contributed by atoms with Crippen LogP contribution in [0.4, 0.5) is 23.0 Å². The zero-order valence-corrected chi connectivity index (χ0v) is 11.9. The summed E-state index contributed by atoms with van der Waals surface area (Å²) in [5.74, 6) is -0.305. The van der Waals surface area contributed by atoms with Gasteiger partial charge in [0.05, 0.1) is 17.6 Å². The van der Waals surface area contributed by atoms with Crippen molar-refractivity contribution in [3.63, 3.8) is 0 Å². The Morgan fingerprint density at radius 2 is 1.86 bits per heavy atom. The summed E-state index contributed by atoms with van der Waals surface area (Å²) < 4.78 is 4.60. The predicted octanol–water partition coefficient (Wildman–Crippen LogP) is 1.96. The molecule has 0 bridgehead atoms. The molecule has 2 N–H and O–H groups in total. The van der Waals surface area contributed by atoms with Crippen LogP contribution in [0.5, 0.6) is 0 Å². The molecule has 2 aromatic rings. The van der Waals surface area contributed by atoms with Crippen LogP contribution in [0, 0.1) is 10.1 Å². The number of aromatic nitrogens is 2. The molecular formula is C13H13N5O4. The number of nitrogens with zero attached hydrogens (tertiary/aromatic N) is 3. The van der Waals surface area contributed by atoms with E-state index in [-0.39, 0.29) is 17.3 Å². The van der Waals surface area contributed by atoms with Crippen molar-refractivity contribution in [1.82, 2.24) is 9.97 Å². The Kier molecular flexibility index (Phi) is 4.47. The molecule has 0 unspecified atom stereocenters. The summed E-state index contributed by atoms with van der Waals surface area (Å²) in [5, 5.41) is 16.6. The van der Waals surface area contributed by atoms with E-state index in [9.17, 15) is 14.9 Å². The molecule has 0 aliphatic carbocycles. The maximum Gasteiger partial charge on any atom is 0.353 e. The Labute approximate surface area is 125 Å². The van der Waals surface area contributed by atoms with Crippen molar-refractivity contribution in [1.29, 1.82) is 0 Å². The van der Waals surface area contributed by atoms with Crippen molar-refractivity contribution in [3.8, 4) is 0 Å². The number of carbonyl (C=O) groups is 1. The van der Waals surface area contributed by atoms with Gasteiger partial charge in [-0.1, -0.05) is 0 Å². The van der Waals surface area contributed by atoms with Crippen LogP contribution in [0.1, 0.15) is 10.4 Å². The number of nitro groups is 1. The normalized spacial score (nSPS) is 9.91. The fourth-order valence-corrected chi connectivity index (χ4v) is 1.77. The molecule has 1 aromatic carbocycles. The smallest absolute Gasteiger partial charge is 0.353 e. The average molecular weight is 303 g/mol. The molecule has 9 heteroatoms. The maximum atomic E-state index is 11.3. The minimum atomic E-state index is -0.572. The van der Waals surface area contributed by atoms with Gasteiger partial charge < -0.3 is 15.4 Å². The molecule has 0 aliphatic heterocycles. The Morgan fingerprint density at radius 3 is 2.41 bits per heavy atom. The molecule has 0 amide bonds. The fraction of sp³-hybridized carbons (Fsp3) is 0.154. The highest BCUT2D eigenvalue weighted by Gasteiger charge is 2.22. The number of esters is 1. The second-order valence-corrected chi connectivity index (χ2v) is 4.12. The maximum absolute atomic E-state index is 11.3. The summed E-state index contributed by atoms with van der Waals surface area (Å²) in [6, 6.07) is 6.27. The zero-order valence-electron chi connectivity index (χ0n) is 11.9. The molecule has 0 radical (unpaired) electrons. The molecule has 2 rings (SSSR count). The van der Waals surface area contributed by atoms with Gasteiger partial charge in [0.25, 0.3) is 0 Å². The van der Waals surface area contributed by atoms with Gasteiger partial charge in [0.1, 0.15) is 6.33 Å². The highest BCUT2D eigenvalue weighted by Crippen LogP contribution is 2.30.